The summed E-state index contributed by atoms with van der Waals surface area (Å²) in [4.78, 5) is 29.2. The van der Waals surface area contributed by atoms with Crippen molar-refractivity contribution in [2.45, 2.75) is 19.3 Å². The van der Waals surface area contributed by atoms with Crippen molar-refractivity contribution in [2.75, 3.05) is 0 Å². The van der Waals surface area contributed by atoms with Crippen molar-refractivity contribution >= 4 is 33.6 Å². The van der Waals surface area contributed by atoms with Crippen LogP contribution in [0.15, 0.2) is 45.2 Å². The lowest BCUT2D eigenvalue weighted by molar-refractivity contribution is -0.384. The van der Waals surface area contributed by atoms with Crippen LogP contribution in [0.3, 0.4) is 0 Å². The van der Waals surface area contributed by atoms with Crippen LogP contribution in [-0.4, -0.2) is 19.8 Å². The van der Waals surface area contributed by atoms with Crippen molar-refractivity contribution in [3.63, 3.8) is 0 Å². The lowest BCUT2D eigenvalue weighted by Crippen LogP contribution is -1.90. The molecule has 136 valence electrons. The standard InChI is InChI=1S/C17H12N4O6/c22-20(23)10-4-6-14-12(8-10)18-16(26-14)2-1-3-17-19-13-9-11(21(24)25)5-7-15(13)27-17/h4-9H,1-3H2. The van der Waals surface area contributed by atoms with Crippen molar-refractivity contribution < 1.29 is 18.7 Å². The van der Waals surface area contributed by atoms with Gasteiger partial charge in [-0.1, -0.05) is 0 Å². The van der Waals surface area contributed by atoms with E-state index in [2.05, 4.69) is 9.97 Å². The monoisotopic (exact) mass is 368 g/mol. The molecular weight excluding hydrogens is 356 g/mol. The molecule has 27 heavy (non-hydrogen) atoms. The van der Waals surface area contributed by atoms with Crippen molar-refractivity contribution in [1.82, 2.24) is 9.97 Å². The van der Waals surface area contributed by atoms with Gasteiger partial charge in [0.2, 0.25) is 0 Å². The van der Waals surface area contributed by atoms with Crippen LogP contribution >= 0.6 is 0 Å². The zero-order valence-electron chi connectivity index (χ0n) is 13.8. The maximum Gasteiger partial charge on any atom is 0.271 e. The van der Waals surface area contributed by atoms with Crippen LogP contribution in [0.4, 0.5) is 11.4 Å². The Balaban J connectivity index is 1.44. The van der Waals surface area contributed by atoms with E-state index in [9.17, 15) is 20.2 Å². The number of non-ortho nitro benzene ring substituents is 2. The number of fused-ring (bicyclic) bond motifs is 2. The van der Waals surface area contributed by atoms with Crippen LogP contribution in [0, 0.1) is 20.2 Å². The first-order chi connectivity index (χ1) is 13.0. The molecule has 0 amide bonds. The van der Waals surface area contributed by atoms with E-state index < -0.39 is 9.85 Å². The molecule has 2 aromatic carbocycles. The van der Waals surface area contributed by atoms with E-state index in [1.165, 1.54) is 36.4 Å². The van der Waals surface area contributed by atoms with Gasteiger partial charge < -0.3 is 8.83 Å². The molecule has 0 N–H and O–H groups in total. The summed E-state index contributed by atoms with van der Waals surface area (Å²) in [6, 6.07) is 8.53. The molecule has 2 heterocycles. The third-order valence-corrected chi connectivity index (χ3v) is 4.03. The average molecular weight is 368 g/mol. The van der Waals surface area contributed by atoms with Gasteiger partial charge in [0.25, 0.3) is 11.4 Å². The fourth-order valence-electron chi connectivity index (χ4n) is 2.76. The molecule has 0 saturated carbocycles. The number of nitro groups is 2. The van der Waals surface area contributed by atoms with Crippen molar-refractivity contribution in [3.05, 3.63) is 68.4 Å². The number of benzene rings is 2. The summed E-state index contributed by atoms with van der Waals surface area (Å²) in [7, 11) is 0. The molecule has 4 aromatic rings. The van der Waals surface area contributed by atoms with E-state index in [0.29, 0.717) is 53.2 Å². The Kier molecular flexibility index (Phi) is 3.99. The first-order valence-electron chi connectivity index (χ1n) is 8.07. The van der Waals surface area contributed by atoms with Crippen LogP contribution in [0.1, 0.15) is 18.2 Å². The topological polar surface area (TPSA) is 138 Å². The van der Waals surface area contributed by atoms with Crippen molar-refractivity contribution in [2.24, 2.45) is 0 Å². The molecule has 0 aliphatic heterocycles. The summed E-state index contributed by atoms with van der Waals surface area (Å²) < 4.78 is 11.2. The third kappa shape index (κ3) is 3.32. The molecule has 0 radical (unpaired) electrons. The molecule has 0 unspecified atom stereocenters. The zero-order valence-corrected chi connectivity index (χ0v) is 13.8. The summed E-state index contributed by atoms with van der Waals surface area (Å²) in [6.45, 7) is 0. The van der Waals surface area contributed by atoms with Gasteiger partial charge in [-0.05, 0) is 18.6 Å². The minimum Gasteiger partial charge on any atom is -0.441 e. The number of nitro benzene ring substituents is 2. The number of hydrogen-bond acceptors (Lipinski definition) is 8. The molecule has 4 rings (SSSR count). The molecule has 0 fully saturated rings. The summed E-state index contributed by atoms with van der Waals surface area (Å²) in [5.41, 5.74) is 1.78. The summed E-state index contributed by atoms with van der Waals surface area (Å²) in [5, 5.41) is 21.6. The first kappa shape index (κ1) is 16.6. The van der Waals surface area contributed by atoms with Gasteiger partial charge >= 0.3 is 0 Å². The first-order valence-corrected chi connectivity index (χ1v) is 8.07. The minimum atomic E-state index is -0.481. The average Bonchev–Trinajstić information content (AvgIpc) is 3.22. The quantitative estimate of drug-likeness (QED) is 0.368. The van der Waals surface area contributed by atoms with Crippen LogP contribution in [0.5, 0.6) is 0 Å². The Morgan fingerprint density at radius 1 is 0.778 bits per heavy atom. The van der Waals surface area contributed by atoms with E-state index >= 15 is 0 Å². The predicted molar refractivity (Wildman–Crippen MR) is 93.4 cm³/mol. The van der Waals surface area contributed by atoms with Gasteiger partial charge in [0.1, 0.15) is 11.0 Å². The minimum absolute atomic E-state index is 0.0390. The van der Waals surface area contributed by atoms with Gasteiger partial charge in [0, 0.05) is 37.1 Å². The number of oxazole rings is 2. The van der Waals surface area contributed by atoms with E-state index in [0.717, 1.165) is 0 Å². The normalized spacial score (nSPS) is 11.3. The van der Waals surface area contributed by atoms with Crippen LogP contribution < -0.4 is 0 Å². The lowest BCUT2D eigenvalue weighted by atomic mass is 10.2. The van der Waals surface area contributed by atoms with Gasteiger partial charge in [-0.3, -0.25) is 20.2 Å². The second-order valence-corrected chi connectivity index (χ2v) is 5.89. The second-order valence-electron chi connectivity index (χ2n) is 5.89. The van der Waals surface area contributed by atoms with Gasteiger partial charge in [-0.25, -0.2) is 9.97 Å². The van der Waals surface area contributed by atoms with Crippen LogP contribution in [0.25, 0.3) is 22.2 Å². The maximum atomic E-state index is 10.8. The molecule has 0 bridgehead atoms. The van der Waals surface area contributed by atoms with Gasteiger partial charge in [0.15, 0.2) is 22.9 Å². The summed E-state index contributed by atoms with van der Waals surface area (Å²) >= 11 is 0. The van der Waals surface area contributed by atoms with Gasteiger partial charge in [-0.2, -0.15) is 0 Å². The number of rotatable bonds is 6. The van der Waals surface area contributed by atoms with Crippen molar-refractivity contribution in [1.29, 1.82) is 0 Å². The van der Waals surface area contributed by atoms with Crippen LogP contribution in [0.2, 0.25) is 0 Å². The number of hydrogen-bond donors (Lipinski definition) is 0. The number of aromatic nitrogens is 2. The maximum absolute atomic E-state index is 10.8. The molecular formula is C17H12N4O6. The number of nitrogens with zero attached hydrogens (tertiary/aromatic N) is 4. The highest BCUT2D eigenvalue weighted by Gasteiger charge is 2.14. The molecule has 0 aliphatic rings. The van der Waals surface area contributed by atoms with Crippen LogP contribution in [-0.2, 0) is 12.8 Å². The lowest BCUT2D eigenvalue weighted by Gasteiger charge is -1.93. The van der Waals surface area contributed by atoms with E-state index in [-0.39, 0.29) is 11.4 Å². The smallest absolute Gasteiger partial charge is 0.271 e. The van der Waals surface area contributed by atoms with E-state index in [4.69, 9.17) is 8.83 Å². The predicted octanol–water partition coefficient (Wildman–Crippen LogP) is 3.96. The summed E-state index contributed by atoms with van der Waals surface area (Å²) in [6.07, 6.45) is 1.63. The highest BCUT2D eigenvalue weighted by atomic mass is 16.6. The fourth-order valence-corrected chi connectivity index (χ4v) is 2.76. The molecule has 10 heteroatoms. The van der Waals surface area contributed by atoms with E-state index in [1.807, 2.05) is 0 Å². The Hall–Kier alpha value is -3.82. The van der Waals surface area contributed by atoms with Gasteiger partial charge in [0.05, 0.1) is 9.85 Å². The molecule has 0 saturated heterocycles. The number of aryl methyl sites for hydroxylation is 2. The zero-order chi connectivity index (χ0) is 19.0. The van der Waals surface area contributed by atoms with Crippen molar-refractivity contribution in [3.8, 4) is 0 Å². The highest BCUT2D eigenvalue weighted by Crippen LogP contribution is 2.24. The summed E-state index contributed by atoms with van der Waals surface area (Å²) in [5.74, 6) is 0.939. The van der Waals surface area contributed by atoms with E-state index in [1.54, 1.807) is 0 Å². The largest absolute Gasteiger partial charge is 0.441 e. The molecule has 10 nitrogen and oxygen atoms in total. The Morgan fingerprint density at radius 2 is 1.22 bits per heavy atom. The second kappa shape index (κ2) is 6.48. The fraction of sp³-hybridized carbons (Fsp3) is 0.176. The molecule has 2 aromatic heterocycles. The molecule has 0 aliphatic carbocycles. The Bertz CT molecular complexity index is 1090. The molecule has 0 atom stereocenters. The molecule has 0 spiro atoms. The SMILES string of the molecule is O=[N+]([O-])c1ccc2oc(CCCc3nc4cc([N+](=O)[O-])ccc4o3)nc2c1. The Labute approximate surface area is 150 Å². The third-order valence-electron chi connectivity index (χ3n) is 4.03. The highest BCUT2D eigenvalue weighted by molar-refractivity contribution is 5.76. The van der Waals surface area contributed by atoms with Gasteiger partial charge in [-0.15, -0.1) is 0 Å². The Morgan fingerprint density at radius 3 is 1.63 bits per heavy atom.